The number of hydrogen-bond acceptors (Lipinski definition) is 4. The van der Waals surface area contributed by atoms with E-state index in [0.29, 0.717) is 17.4 Å². The number of hydrogen-bond donors (Lipinski definition) is 3. The van der Waals surface area contributed by atoms with Crippen molar-refractivity contribution in [3.8, 4) is 0 Å². The van der Waals surface area contributed by atoms with Crippen LogP contribution in [0.3, 0.4) is 0 Å². The topological polar surface area (TPSA) is 90.8 Å². The van der Waals surface area contributed by atoms with Crippen molar-refractivity contribution in [2.75, 3.05) is 25.4 Å². The number of rotatable bonds is 8. The molecular weight excluding hydrogens is 525 g/mol. The largest absolute Gasteiger partial charge is 0.386 e. The maximum Gasteiger partial charge on any atom is 0.191 e. The van der Waals surface area contributed by atoms with Crippen LogP contribution in [0.5, 0.6) is 0 Å². The third-order valence-electron chi connectivity index (χ3n) is 4.69. The van der Waals surface area contributed by atoms with Crippen LogP contribution in [-0.2, 0) is 15.3 Å². The van der Waals surface area contributed by atoms with Gasteiger partial charge in [0.1, 0.15) is 0 Å². The molecule has 2 aromatic rings. The van der Waals surface area contributed by atoms with Gasteiger partial charge in [-0.15, -0.1) is 24.0 Å². The van der Waals surface area contributed by atoms with Crippen LogP contribution >= 0.6 is 24.0 Å². The molecule has 0 radical (unpaired) electrons. The molecule has 0 amide bonds. The predicted octanol–water partition coefficient (Wildman–Crippen LogP) is 3.66. The van der Waals surface area contributed by atoms with Crippen LogP contribution in [0.25, 0.3) is 0 Å². The first kappa shape index (κ1) is 27.4. The molecule has 3 N–H and O–H groups in total. The number of halogens is 1. The molecule has 0 aliphatic rings. The van der Waals surface area contributed by atoms with Crippen molar-refractivity contribution in [2.45, 2.75) is 44.1 Å². The minimum absolute atomic E-state index is 0. The second kappa shape index (κ2) is 12.4. The highest BCUT2D eigenvalue weighted by Crippen LogP contribution is 2.24. The Bertz CT molecular complexity index is 925. The fourth-order valence-corrected chi connectivity index (χ4v) is 4.06. The number of aliphatic hydroxyl groups excluding tert-OH is 1. The molecule has 6 nitrogen and oxygen atoms in total. The van der Waals surface area contributed by atoms with Gasteiger partial charge in [-0.05, 0) is 35.6 Å². The molecule has 1 atom stereocenters. The van der Waals surface area contributed by atoms with Crippen LogP contribution in [0.15, 0.2) is 64.5 Å². The summed E-state index contributed by atoms with van der Waals surface area (Å²) >= 11 is 0. The van der Waals surface area contributed by atoms with E-state index in [1.54, 1.807) is 30.3 Å². The Morgan fingerprint density at radius 1 is 1.03 bits per heavy atom. The molecule has 0 aliphatic carbocycles. The molecule has 2 aromatic carbocycles. The van der Waals surface area contributed by atoms with Crippen molar-refractivity contribution in [3.63, 3.8) is 0 Å². The summed E-state index contributed by atoms with van der Waals surface area (Å²) in [5, 5.41) is 16.6. The van der Waals surface area contributed by atoms with E-state index < -0.39 is 15.9 Å². The fraction of sp³-hybridized carbons (Fsp3) is 0.435. The van der Waals surface area contributed by atoms with Gasteiger partial charge in [-0.2, -0.15) is 0 Å². The van der Waals surface area contributed by atoms with E-state index in [4.69, 9.17) is 0 Å². The quantitative estimate of drug-likeness (QED) is 0.261. The van der Waals surface area contributed by atoms with Gasteiger partial charge in [0.2, 0.25) is 0 Å². The first-order valence-electron chi connectivity index (χ1n) is 10.2. The van der Waals surface area contributed by atoms with Gasteiger partial charge in [-0.3, -0.25) is 4.99 Å². The number of guanidine groups is 1. The van der Waals surface area contributed by atoms with E-state index in [2.05, 4.69) is 36.4 Å². The summed E-state index contributed by atoms with van der Waals surface area (Å²) in [4.78, 5) is 4.71. The number of benzene rings is 2. The molecule has 0 aromatic heterocycles. The van der Waals surface area contributed by atoms with Gasteiger partial charge in [0.15, 0.2) is 15.8 Å². The van der Waals surface area contributed by atoms with Crippen molar-refractivity contribution < 1.29 is 13.5 Å². The van der Waals surface area contributed by atoms with E-state index in [0.717, 1.165) is 5.56 Å². The maximum atomic E-state index is 12.4. The summed E-state index contributed by atoms with van der Waals surface area (Å²) in [6.07, 6.45) is -0.734. The minimum Gasteiger partial charge on any atom is -0.386 e. The maximum absolute atomic E-state index is 12.4. The number of aliphatic imine (C=N–C) groups is 1. The summed E-state index contributed by atoms with van der Waals surface area (Å²) in [5.41, 5.74) is 2.06. The molecule has 0 heterocycles. The summed E-state index contributed by atoms with van der Waals surface area (Å²) in [5.74, 6) is 0.434. The van der Waals surface area contributed by atoms with Crippen molar-refractivity contribution in [3.05, 3.63) is 65.7 Å². The second-order valence-electron chi connectivity index (χ2n) is 8.17. The third-order valence-corrected chi connectivity index (χ3v) is 6.43. The zero-order valence-corrected chi connectivity index (χ0v) is 21.8. The Balaban J connectivity index is 0.00000480. The second-order valence-corrected chi connectivity index (χ2v) is 10.3. The van der Waals surface area contributed by atoms with Crippen LogP contribution in [-0.4, -0.2) is 44.9 Å². The van der Waals surface area contributed by atoms with Crippen LogP contribution < -0.4 is 10.6 Å². The highest BCUT2D eigenvalue weighted by molar-refractivity contribution is 14.0. The molecule has 0 fully saturated rings. The van der Waals surface area contributed by atoms with E-state index in [9.17, 15) is 13.5 Å². The Morgan fingerprint density at radius 2 is 1.65 bits per heavy atom. The lowest BCUT2D eigenvalue weighted by Crippen LogP contribution is -2.39. The van der Waals surface area contributed by atoms with Crippen molar-refractivity contribution >= 4 is 39.8 Å². The number of sulfone groups is 1. The van der Waals surface area contributed by atoms with Crippen LogP contribution in [0.4, 0.5) is 0 Å². The molecule has 1 unspecified atom stereocenters. The van der Waals surface area contributed by atoms with Crippen LogP contribution in [0.2, 0.25) is 0 Å². The van der Waals surface area contributed by atoms with Crippen molar-refractivity contribution in [1.29, 1.82) is 0 Å². The summed E-state index contributed by atoms with van der Waals surface area (Å²) in [7, 11) is -3.36. The molecule has 0 aliphatic heterocycles. The van der Waals surface area contributed by atoms with Gasteiger partial charge < -0.3 is 15.7 Å². The van der Waals surface area contributed by atoms with Gasteiger partial charge in [0.05, 0.1) is 23.3 Å². The summed E-state index contributed by atoms with van der Waals surface area (Å²) < 4.78 is 24.8. The highest BCUT2D eigenvalue weighted by atomic mass is 127. The first-order valence-corrected chi connectivity index (χ1v) is 11.9. The van der Waals surface area contributed by atoms with Crippen LogP contribution in [0.1, 0.15) is 44.9 Å². The lowest BCUT2D eigenvalue weighted by Gasteiger charge is -2.20. The molecule has 0 spiro atoms. The fourth-order valence-electron chi connectivity index (χ4n) is 2.88. The third kappa shape index (κ3) is 8.78. The molecule has 0 saturated carbocycles. The molecular formula is C23H34IN3O3S. The number of nitrogens with zero attached hydrogens (tertiary/aromatic N) is 1. The van der Waals surface area contributed by atoms with Crippen molar-refractivity contribution in [1.82, 2.24) is 10.6 Å². The molecule has 2 rings (SSSR count). The Kier molecular flexibility index (Phi) is 11.0. The molecule has 31 heavy (non-hydrogen) atoms. The van der Waals surface area contributed by atoms with Gasteiger partial charge in [-0.1, -0.05) is 63.2 Å². The zero-order valence-electron chi connectivity index (χ0n) is 18.6. The monoisotopic (exact) mass is 559 g/mol. The lowest BCUT2D eigenvalue weighted by atomic mass is 9.86. The summed E-state index contributed by atoms with van der Waals surface area (Å²) in [6.45, 7) is 9.40. The highest BCUT2D eigenvalue weighted by Gasteiger charge is 2.15. The van der Waals surface area contributed by atoms with E-state index in [-0.39, 0.29) is 48.2 Å². The summed E-state index contributed by atoms with van der Waals surface area (Å²) in [6, 6.07) is 16.3. The number of nitrogens with one attached hydrogen (secondary N) is 2. The number of aliphatic hydroxyl groups is 1. The standard InChI is InChI=1S/C23H33N3O3S.HI/c1-5-24-22(25-15-16-30(28,29)20-9-7-6-8-10-20)26-17-21(27)18-11-13-19(14-12-18)23(2,3)4;/h6-14,21,27H,5,15-17H2,1-4H3,(H2,24,25,26);1H. The van der Waals surface area contributed by atoms with Crippen LogP contribution in [0, 0.1) is 0 Å². The van der Waals surface area contributed by atoms with Gasteiger partial charge in [0.25, 0.3) is 0 Å². The SMILES string of the molecule is CCNC(=NCC(O)c1ccc(C(C)(C)C)cc1)NCCS(=O)(=O)c1ccccc1.I. The average molecular weight is 560 g/mol. The Hall–Kier alpha value is -1.65. The molecule has 172 valence electrons. The van der Waals surface area contributed by atoms with Gasteiger partial charge in [0, 0.05) is 13.1 Å². The lowest BCUT2D eigenvalue weighted by molar-refractivity contribution is 0.187. The Labute approximate surface area is 203 Å². The van der Waals surface area contributed by atoms with Gasteiger partial charge >= 0.3 is 0 Å². The normalized spacial score (nSPS) is 13.3. The Morgan fingerprint density at radius 3 is 2.19 bits per heavy atom. The smallest absolute Gasteiger partial charge is 0.191 e. The van der Waals surface area contributed by atoms with E-state index in [1.165, 1.54) is 5.56 Å². The average Bonchev–Trinajstić information content (AvgIpc) is 2.72. The van der Waals surface area contributed by atoms with E-state index >= 15 is 0 Å². The minimum atomic E-state index is -3.36. The van der Waals surface area contributed by atoms with Gasteiger partial charge in [-0.25, -0.2) is 8.42 Å². The predicted molar refractivity (Wildman–Crippen MR) is 138 cm³/mol. The van der Waals surface area contributed by atoms with Crippen molar-refractivity contribution in [2.24, 2.45) is 4.99 Å². The first-order chi connectivity index (χ1) is 14.1. The molecule has 0 saturated heterocycles. The zero-order chi connectivity index (χ0) is 22.2. The molecule has 8 heteroatoms. The molecule has 0 bridgehead atoms. The van der Waals surface area contributed by atoms with E-state index in [1.807, 2.05) is 31.2 Å².